The lowest BCUT2D eigenvalue weighted by molar-refractivity contribution is -0.137. The van der Waals surface area contributed by atoms with Crippen molar-refractivity contribution >= 4 is 17.9 Å². The van der Waals surface area contributed by atoms with Crippen LogP contribution in [0.2, 0.25) is 0 Å². The molecule has 0 aromatic rings. The van der Waals surface area contributed by atoms with Crippen LogP contribution < -0.4 is 16.0 Å². The number of carbonyl (C=O) groups is 3. The van der Waals surface area contributed by atoms with Crippen LogP contribution in [0.4, 0.5) is 4.79 Å². The topological polar surface area (TPSA) is 108 Å². The summed E-state index contributed by atoms with van der Waals surface area (Å²) in [5.41, 5.74) is 0. The Morgan fingerprint density at radius 1 is 1.38 bits per heavy atom. The first-order valence-corrected chi connectivity index (χ1v) is 7.54. The highest BCUT2D eigenvalue weighted by Gasteiger charge is 2.22. The number of carbonyl (C=O) groups excluding carboxylic acids is 2. The van der Waals surface area contributed by atoms with Gasteiger partial charge in [0.1, 0.15) is 0 Å². The molecule has 1 fully saturated rings. The molecule has 0 radical (unpaired) electrons. The van der Waals surface area contributed by atoms with E-state index >= 15 is 0 Å². The van der Waals surface area contributed by atoms with Crippen LogP contribution in [-0.2, 0) is 9.59 Å². The summed E-state index contributed by atoms with van der Waals surface area (Å²) in [6.45, 7) is 3.06. The molecule has 1 aliphatic heterocycles. The second-order valence-corrected chi connectivity index (χ2v) is 5.48. The average Bonchev–Trinajstić information content (AvgIpc) is 2.81. The van der Waals surface area contributed by atoms with Gasteiger partial charge in [-0.05, 0) is 18.8 Å². The van der Waals surface area contributed by atoms with Crippen LogP contribution in [0.3, 0.4) is 0 Å². The van der Waals surface area contributed by atoms with Crippen molar-refractivity contribution in [2.75, 3.05) is 13.1 Å². The van der Waals surface area contributed by atoms with Crippen LogP contribution in [0.5, 0.6) is 0 Å². The number of urea groups is 1. The molecular formula is C14H25N3O4. The van der Waals surface area contributed by atoms with Crippen LogP contribution >= 0.6 is 0 Å². The normalized spacial score (nSPS) is 18.9. The van der Waals surface area contributed by atoms with Gasteiger partial charge in [-0.3, -0.25) is 9.59 Å². The Morgan fingerprint density at radius 2 is 2.14 bits per heavy atom. The zero-order chi connectivity index (χ0) is 15.7. The third-order valence-electron chi connectivity index (χ3n) is 3.61. The van der Waals surface area contributed by atoms with E-state index in [1.54, 1.807) is 0 Å². The van der Waals surface area contributed by atoms with E-state index < -0.39 is 5.97 Å². The van der Waals surface area contributed by atoms with Crippen molar-refractivity contribution in [3.05, 3.63) is 0 Å². The molecule has 4 N–H and O–H groups in total. The average molecular weight is 299 g/mol. The minimum Gasteiger partial charge on any atom is -0.481 e. The van der Waals surface area contributed by atoms with Crippen LogP contribution in [-0.4, -0.2) is 42.1 Å². The molecule has 1 saturated heterocycles. The number of nitrogens with one attached hydrogen (secondary N) is 3. The maximum absolute atomic E-state index is 11.7. The number of amides is 3. The summed E-state index contributed by atoms with van der Waals surface area (Å²) in [5, 5.41) is 16.9. The van der Waals surface area contributed by atoms with Gasteiger partial charge in [0.05, 0.1) is 6.04 Å². The molecule has 2 unspecified atom stereocenters. The zero-order valence-electron chi connectivity index (χ0n) is 12.5. The van der Waals surface area contributed by atoms with Gasteiger partial charge in [0.2, 0.25) is 5.91 Å². The summed E-state index contributed by atoms with van der Waals surface area (Å²) in [4.78, 5) is 33.3. The monoisotopic (exact) mass is 299 g/mol. The predicted octanol–water partition coefficient (Wildman–Crippen LogP) is 0.845. The predicted molar refractivity (Wildman–Crippen MR) is 77.8 cm³/mol. The van der Waals surface area contributed by atoms with Gasteiger partial charge in [-0.15, -0.1) is 0 Å². The summed E-state index contributed by atoms with van der Waals surface area (Å²) in [6.07, 6.45) is 3.89. The Balaban J connectivity index is 2.18. The largest absolute Gasteiger partial charge is 0.481 e. The standard InChI is InChI=1S/C14H25N3O4/c1-2-3-10(4-5-13(19)20)6-7-15-14(21)17-11-8-12(18)16-9-11/h10-11H,2-9H2,1H3,(H,16,18)(H,19,20)(H2,15,17,21). The fraction of sp³-hybridized carbons (Fsp3) is 0.786. The summed E-state index contributed by atoms with van der Waals surface area (Å²) in [6, 6.07) is -0.416. The number of carboxylic acid groups (broad SMARTS) is 1. The molecule has 1 heterocycles. The lowest BCUT2D eigenvalue weighted by Gasteiger charge is -2.16. The van der Waals surface area contributed by atoms with Crippen LogP contribution in [0, 0.1) is 5.92 Å². The van der Waals surface area contributed by atoms with Crippen molar-refractivity contribution in [3.63, 3.8) is 0 Å². The lowest BCUT2D eigenvalue weighted by Crippen LogP contribution is -2.43. The molecule has 2 atom stereocenters. The molecule has 0 aromatic carbocycles. The van der Waals surface area contributed by atoms with Gasteiger partial charge in [0, 0.05) is 25.9 Å². The smallest absolute Gasteiger partial charge is 0.315 e. The SMILES string of the molecule is CCCC(CCNC(=O)NC1CNC(=O)C1)CCC(=O)O. The molecule has 7 nitrogen and oxygen atoms in total. The molecule has 1 rings (SSSR count). The summed E-state index contributed by atoms with van der Waals surface area (Å²) in [7, 11) is 0. The molecule has 1 aliphatic rings. The maximum Gasteiger partial charge on any atom is 0.315 e. The van der Waals surface area contributed by atoms with Gasteiger partial charge >= 0.3 is 12.0 Å². The van der Waals surface area contributed by atoms with Gasteiger partial charge < -0.3 is 21.1 Å². The molecule has 0 spiro atoms. The minimum absolute atomic E-state index is 0.0445. The highest BCUT2D eigenvalue weighted by atomic mass is 16.4. The fourth-order valence-electron chi connectivity index (χ4n) is 2.50. The molecule has 0 aliphatic carbocycles. The minimum atomic E-state index is -0.778. The Morgan fingerprint density at radius 3 is 2.71 bits per heavy atom. The zero-order valence-corrected chi connectivity index (χ0v) is 12.5. The molecule has 0 aromatic heterocycles. The molecule has 120 valence electrons. The lowest BCUT2D eigenvalue weighted by atomic mass is 9.94. The number of hydrogen-bond acceptors (Lipinski definition) is 3. The van der Waals surface area contributed by atoms with E-state index in [-0.39, 0.29) is 24.4 Å². The first kappa shape index (κ1) is 17.3. The number of carboxylic acids is 1. The van der Waals surface area contributed by atoms with Crippen molar-refractivity contribution in [2.45, 2.75) is 51.5 Å². The fourth-order valence-corrected chi connectivity index (χ4v) is 2.50. The highest BCUT2D eigenvalue weighted by Crippen LogP contribution is 2.17. The Hall–Kier alpha value is -1.79. The molecule has 21 heavy (non-hydrogen) atoms. The maximum atomic E-state index is 11.7. The Bertz CT molecular complexity index is 373. The van der Waals surface area contributed by atoms with Crippen LogP contribution in [0.25, 0.3) is 0 Å². The first-order valence-electron chi connectivity index (χ1n) is 7.54. The number of hydrogen-bond donors (Lipinski definition) is 4. The van der Waals surface area contributed by atoms with Crippen LogP contribution in [0.1, 0.15) is 45.4 Å². The van der Waals surface area contributed by atoms with E-state index in [4.69, 9.17) is 5.11 Å². The van der Waals surface area contributed by atoms with Crippen molar-refractivity contribution < 1.29 is 19.5 Å². The van der Waals surface area contributed by atoms with E-state index in [0.29, 0.717) is 31.8 Å². The van der Waals surface area contributed by atoms with E-state index in [1.807, 2.05) is 0 Å². The quantitative estimate of drug-likeness (QED) is 0.506. The van der Waals surface area contributed by atoms with Crippen molar-refractivity contribution in [1.82, 2.24) is 16.0 Å². The third kappa shape index (κ3) is 7.53. The summed E-state index contributed by atoms with van der Waals surface area (Å²) >= 11 is 0. The van der Waals surface area contributed by atoms with Crippen LogP contribution in [0.15, 0.2) is 0 Å². The Labute approximate surface area is 124 Å². The molecular weight excluding hydrogens is 274 g/mol. The first-order chi connectivity index (χ1) is 10.0. The molecule has 3 amide bonds. The van der Waals surface area contributed by atoms with E-state index in [0.717, 1.165) is 19.3 Å². The van der Waals surface area contributed by atoms with Gasteiger partial charge in [-0.1, -0.05) is 19.8 Å². The van der Waals surface area contributed by atoms with Gasteiger partial charge in [0.25, 0.3) is 0 Å². The van der Waals surface area contributed by atoms with Gasteiger partial charge in [-0.2, -0.15) is 0 Å². The van der Waals surface area contributed by atoms with Crippen molar-refractivity contribution in [1.29, 1.82) is 0 Å². The second-order valence-electron chi connectivity index (χ2n) is 5.48. The second kappa shape index (κ2) is 9.20. The van der Waals surface area contributed by atoms with Crippen molar-refractivity contribution in [3.8, 4) is 0 Å². The highest BCUT2D eigenvalue weighted by molar-refractivity contribution is 5.81. The summed E-state index contributed by atoms with van der Waals surface area (Å²) < 4.78 is 0. The van der Waals surface area contributed by atoms with Gasteiger partial charge in [-0.25, -0.2) is 4.79 Å². The molecule has 7 heteroatoms. The Kier molecular flexibility index (Phi) is 7.56. The van der Waals surface area contributed by atoms with Crippen molar-refractivity contribution in [2.24, 2.45) is 5.92 Å². The third-order valence-corrected chi connectivity index (χ3v) is 3.61. The number of aliphatic carboxylic acids is 1. The summed E-state index contributed by atoms with van der Waals surface area (Å²) in [5.74, 6) is -0.502. The molecule has 0 saturated carbocycles. The van der Waals surface area contributed by atoms with E-state index in [9.17, 15) is 14.4 Å². The van der Waals surface area contributed by atoms with Gasteiger partial charge in [0.15, 0.2) is 0 Å². The van der Waals surface area contributed by atoms with E-state index in [2.05, 4.69) is 22.9 Å². The van der Waals surface area contributed by atoms with E-state index in [1.165, 1.54) is 0 Å². The number of rotatable bonds is 9. The molecule has 0 bridgehead atoms.